The average Bonchev–Trinajstić information content (AvgIpc) is 2.14. The minimum atomic E-state index is 0.651. The van der Waals surface area contributed by atoms with Crippen LogP contribution in [0, 0.1) is 0 Å². The number of halogens is 1. The molecule has 0 atom stereocenters. The molecule has 0 saturated carbocycles. The van der Waals surface area contributed by atoms with Crippen molar-refractivity contribution in [1.29, 1.82) is 0 Å². The lowest BCUT2D eigenvalue weighted by atomic mass is 10.5. The summed E-state index contributed by atoms with van der Waals surface area (Å²) in [7, 11) is 0. The summed E-state index contributed by atoms with van der Waals surface area (Å²) in [5.74, 6) is 0.803. The van der Waals surface area contributed by atoms with Gasteiger partial charge in [0.25, 0.3) is 0 Å². The highest BCUT2D eigenvalue weighted by Gasteiger charge is 1.97. The van der Waals surface area contributed by atoms with Crippen molar-refractivity contribution in [2.45, 2.75) is 6.54 Å². The summed E-state index contributed by atoms with van der Waals surface area (Å²) in [4.78, 5) is 0. The zero-order chi connectivity index (χ0) is 5.98. The molecule has 0 aliphatic heterocycles. The van der Waals surface area contributed by atoms with Crippen LogP contribution in [0.2, 0.25) is 0 Å². The maximum atomic E-state index is 4.75. The molecule has 0 radical (unpaired) electrons. The molecule has 8 heavy (non-hydrogen) atoms. The Kier molecular flexibility index (Phi) is 1.65. The van der Waals surface area contributed by atoms with Crippen LogP contribution in [0.25, 0.3) is 0 Å². The van der Waals surface area contributed by atoms with Crippen LogP contribution < -0.4 is 5.73 Å². The zero-order valence-electron chi connectivity index (χ0n) is 4.22. The number of hydrogen-bond donors (Lipinski definition) is 1. The molecule has 1 rings (SSSR count). The van der Waals surface area contributed by atoms with E-state index in [1.165, 1.54) is 0 Å². The highest BCUT2D eigenvalue weighted by molar-refractivity contribution is 9.10. The number of rotatable bonds is 1. The number of hydrogen-bond acceptors (Lipinski definition) is 2. The van der Waals surface area contributed by atoms with Crippen LogP contribution in [-0.4, -0.2) is 5.16 Å². The molecule has 0 unspecified atom stereocenters. The molecule has 3 N–H and O–H groups in total. The van der Waals surface area contributed by atoms with E-state index < -0.39 is 0 Å². The summed E-state index contributed by atoms with van der Waals surface area (Å²) in [6.45, 7) is 0.651. The van der Waals surface area contributed by atoms with E-state index in [1.54, 1.807) is 6.07 Å². The van der Waals surface area contributed by atoms with Crippen molar-refractivity contribution in [3.05, 3.63) is 16.4 Å². The Bertz CT molecular complexity index is 174. The number of nitrogens with zero attached hydrogens (tertiary/aromatic N) is 1. The fourth-order valence-corrected chi connectivity index (χ4v) is 0.733. The molecule has 0 aliphatic carbocycles. The third kappa shape index (κ3) is 1.08. The van der Waals surface area contributed by atoms with E-state index in [2.05, 4.69) is 26.8 Å². The summed E-state index contributed by atoms with van der Waals surface area (Å²) in [6.07, 6.45) is 0. The van der Waals surface area contributed by atoms with Gasteiger partial charge in [0, 0.05) is 6.07 Å². The molecule has 1 aromatic heterocycles. The van der Waals surface area contributed by atoms with Gasteiger partial charge in [0.15, 0.2) is 5.76 Å². The van der Waals surface area contributed by atoms with E-state index in [0.29, 0.717) is 6.54 Å². The lowest BCUT2D eigenvalue weighted by Crippen LogP contribution is -2.47. The van der Waals surface area contributed by atoms with Crippen LogP contribution in [0.5, 0.6) is 0 Å². The van der Waals surface area contributed by atoms with Crippen LogP contribution in [0.4, 0.5) is 0 Å². The van der Waals surface area contributed by atoms with Gasteiger partial charge in [0.1, 0.15) is 11.1 Å². The van der Waals surface area contributed by atoms with Crippen molar-refractivity contribution < 1.29 is 10.3 Å². The van der Waals surface area contributed by atoms with Crippen molar-refractivity contribution in [2.24, 2.45) is 0 Å². The maximum Gasteiger partial charge on any atom is 0.191 e. The highest BCUT2D eigenvalue weighted by Crippen LogP contribution is 2.07. The van der Waals surface area contributed by atoms with Crippen LogP contribution in [-0.2, 0) is 6.54 Å². The first-order valence-electron chi connectivity index (χ1n) is 2.23. The minimum Gasteiger partial charge on any atom is -0.354 e. The molecule has 0 fully saturated rings. The van der Waals surface area contributed by atoms with Gasteiger partial charge >= 0.3 is 0 Å². The Labute approximate surface area is 55.0 Å². The molecule has 0 amide bonds. The minimum absolute atomic E-state index is 0.651. The standard InChI is InChI=1S/C4H5BrN2O/c5-4-1-3(2-6)8-7-4/h1H,2,6H2/p+1. The molecule has 0 aliphatic rings. The van der Waals surface area contributed by atoms with Crippen LogP contribution in [0.3, 0.4) is 0 Å². The first kappa shape index (κ1) is 5.78. The van der Waals surface area contributed by atoms with Crippen LogP contribution in [0.1, 0.15) is 5.76 Å². The number of aromatic nitrogens is 1. The van der Waals surface area contributed by atoms with E-state index in [1.807, 2.05) is 0 Å². The van der Waals surface area contributed by atoms with Crippen molar-refractivity contribution in [1.82, 2.24) is 5.16 Å². The molecule has 0 saturated heterocycles. The van der Waals surface area contributed by atoms with Gasteiger partial charge in [-0.05, 0) is 15.9 Å². The molecule has 0 spiro atoms. The van der Waals surface area contributed by atoms with E-state index >= 15 is 0 Å². The van der Waals surface area contributed by atoms with Crippen molar-refractivity contribution in [2.75, 3.05) is 0 Å². The van der Waals surface area contributed by atoms with E-state index in [4.69, 9.17) is 4.52 Å². The molecule has 1 heterocycles. The van der Waals surface area contributed by atoms with E-state index in [9.17, 15) is 0 Å². The van der Waals surface area contributed by atoms with Crippen LogP contribution in [0.15, 0.2) is 15.2 Å². The van der Waals surface area contributed by atoms with Gasteiger partial charge in [-0.2, -0.15) is 0 Å². The summed E-state index contributed by atoms with van der Waals surface area (Å²) in [5.41, 5.74) is 3.61. The second kappa shape index (κ2) is 2.28. The van der Waals surface area contributed by atoms with Crippen molar-refractivity contribution in [3.8, 4) is 0 Å². The normalized spacial score (nSPS) is 9.75. The smallest absolute Gasteiger partial charge is 0.191 e. The Morgan fingerprint density at radius 3 is 2.88 bits per heavy atom. The van der Waals surface area contributed by atoms with Gasteiger partial charge in [0.2, 0.25) is 0 Å². The molecule has 3 nitrogen and oxygen atoms in total. The molecule has 44 valence electrons. The van der Waals surface area contributed by atoms with Gasteiger partial charge in [-0.15, -0.1) is 0 Å². The first-order chi connectivity index (χ1) is 3.83. The molecule has 4 heteroatoms. The second-order valence-corrected chi connectivity index (χ2v) is 2.18. The van der Waals surface area contributed by atoms with Crippen molar-refractivity contribution >= 4 is 15.9 Å². The Morgan fingerprint density at radius 2 is 2.62 bits per heavy atom. The van der Waals surface area contributed by atoms with Gasteiger partial charge in [0.05, 0.1) is 0 Å². The Morgan fingerprint density at radius 1 is 1.88 bits per heavy atom. The zero-order valence-corrected chi connectivity index (χ0v) is 5.81. The van der Waals surface area contributed by atoms with Gasteiger partial charge in [-0.3, -0.25) is 0 Å². The second-order valence-electron chi connectivity index (χ2n) is 1.37. The van der Waals surface area contributed by atoms with E-state index in [-0.39, 0.29) is 0 Å². The Hall–Kier alpha value is -0.350. The maximum absolute atomic E-state index is 4.75. The summed E-state index contributed by atoms with van der Waals surface area (Å²) in [5, 5.41) is 3.59. The quantitative estimate of drug-likeness (QED) is 0.666. The van der Waals surface area contributed by atoms with Crippen LogP contribution >= 0.6 is 15.9 Å². The molecular formula is C4H6BrN2O+. The average molecular weight is 178 g/mol. The monoisotopic (exact) mass is 177 g/mol. The van der Waals surface area contributed by atoms with Gasteiger partial charge in [-0.1, -0.05) is 5.16 Å². The molecule has 0 bridgehead atoms. The largest absolute Gasteiger partial charge is 0.354 e. The van der Waals surface area contributed by atoms with Gasteiger partial charge < -0.3 is 10.3 Å². The molecular weight excluding hydrogens is 172 g/mol. The topological polar surface area (TPSA) is 53.7 Å². The van der Waals surface area contributed by atoms with Crippen molar-refractivity contribution in [3.63, 3.8) is 0 Å². The third-order valence-electron chi connectivity index (χ3n) is 0.777. The number of quaternary nitrogens is 1. The summed E-state index contributed by atoms with van der Waals surface area (Å²) < 4.78 is 5.49. The Balaban J connectivity index is 2.84. The van der Waals surface area contributed by atoms with E-state index in [0.717, 1.165) is 10.4 Å². The molecule has 0 aromatic carbocycles. The fraction of sp³-hybridized carbons (Fsp3) is 0.250. The lowest BCUT2D eigenvalue weighted by molar-refractivity contribution is -0.390. The first-order valence-corrected chi connectivity index (χ1v) is 3.02. The summed E-state index contributed by atoms with van der Waals surface area (Å²) >= 11 is 3.14. The SMILES string of the molecule is [NH3+]Cc1cc(Br)no1. The predicted octanol–water partition coefficient (Wildman–Crippen LogP) is 0.179. The lowest BCUT2D eigenvalue weighted by Gasteiger charge is -1.74. The fourth-order valence-electron chi connectivity index (χ4n) is 0.406. The molecule has 1 aromatic rings. The summed E-state index contributed by atoms with van der Waals surface area (Å²) in [6, 6.07) is 1.80. The third-order valence-corrected chi connectivity index (χ3v) is 1.15. The van der Waals surface area contributed by atoms with Gasteiger partial charge in [-0.25, -0.2) is 0 Å². The highest BCUT2D eigenvalue weighted by atomic mass is 79.9. The predicted molar refractivity (Wildman–Crippen MR) is 30.8 cm³/mol.